The highest BCUT2D eigenvalue weighted by atomic mass is 19.3. The van der Waals surface area contributed by atoms with Gasteiger partial charge in [-0.15, -0.1) is 0 Å². The zero-order chi connectivity index (χ0) is 24.2. The smallest absolute Gasteiger partial charge is 0.268 e. The number of halogens is 2. The maximum Gasteiger partial charge on any atom is 0.268 e. The molecule has 9 nitrogen and oxygen atoms in total. The number of nitriles is 1. The summed E-state index contributed by atoms with van der Waals surface area (Å²) in [4.78, 5) is 37.5. The van der Waals surface area contributed by atoms with Crippen LogP contribution in [0.1, 0.15) is 46.5 Å². The number of carbonyl (C=O) groups is 3. The van der Waals surface area contributed by atoms with E-state index in [1.165, 1.54) is 17.1 Å². The van der Waals surface area contributed by atoms with Crippen LogP contribution in [0.4, 0.5) is 8.78 Å². The minimum absolute atomic E-state index is 0.00738. The van der Waals surface area contributed by atoms with Crippen LogP contribution in [-0.2, 0) is 11.3 Å². The number of alkyl halides is 2. The van der Waals surface area contributed by atoms with Crippen molar-refractivity contribution in [1.82, 2.24) is 25.3 Å². The summed E-state index contributed by atoms with van der Waals surface area (Å²) in [7, 11) is 0. The summed E-state index contributed by atoms with van der Waals surface area (Å²) in [5.41, 5.74) is 1.49. The number of nitrogens with one attached hydrogen (secondary N) is 2. The number of aromatic nitrogens is 2. The molecule has 3 amide bonds. The van der Waals surface area contributed by atoms with E-state index >= 15 is 0 Å². The number of benzene rings is 1. The first-order valence-electron chi connectivity index (χ1n) is 10.4. The number of amides is 3. The molecule has 2 heterocycles. The maximum absolute atomic E-state index is 13.5. The van der Waals surface area contributed by atoms with Crippen molar-refractivity contribution in [2.24, 2.45) is 0 Å². The molecule has 1 saturated heterocycles. The summed E-state index contributed by atoms with van der Waals surface area (Å²) in [5.74, 6) is -4.66. The van der Waals surface area contributed by atoms with E-state index < -0.39 is 43.3 Å². The molecule has 33 heavy (non-hydrogen) atoms. The van der Waals surface area contributed by atoms with Gasteiger partial charge in [0.15, 0.2) is 0 Å². The van der Waals surface area contributed by atoms with Gasteiger partial charge in [-0.1, -0.05) is 12.1 Å². The Balaban J connectivity index is 1.57. The van der Waals surface area contributed by atoms with Gasteiger partial charge in [0, 0.05) is 24.2 Å². The minimum Gasteiger partial charge on any atom is -0.350 e. The third-order valence-corrected chi connectivity index (χ3v) is 4.99. The molecule has 2 N–H and O–H groups in total. The number of hydrogen-bond donors (Lipinski definition) is 2. The lowest BCUT2D eigenvalue weighted by atomic mass is 10.1. The highest BCUT2D eigenvalue weighted by molar-refractivity contribution is 5.96. The van der Waals surface area contributed by atoms with E-state index in [4.69, 9.17) is 5.26 Å². The number of hydrogen-bond acceptors (Lipinski definition) is 5. The predicted octanol–water partition coefficient (Wildman–Crippen LogP) is 1.56. The molecule has 0 saturated carbocycles. The van der Waals surface area contributed by atoms with Crippen molar-refractivity contribution in [3.8, 4) is 6.07 Å². The van der Waals surface area contributed by atoms with Crippen LogP contribution in [0.5, 0.6) is 0 Å². The Morgan fingerprint density at radius 1 is 1.27 bits per heavy atom. The lowest BCUT2D eigenvalue weighted by Crippen LogP contribution is -2.42. The lowest BCUT2D eigenvalue weighted by Gasteiger charge is -2.19. The van der Waals surface area contributed by atoms with E-state index in [1.54, 1.807) is 24.3 Å². The van der Waals surface area contributed by atoms with Crippen molar-refractivity contribution < 1.29 is 23.2 Å². The number of nitrogens with zero attached hydrogens (tertiary/aromatic N) is 4. The average molecular weight is 458 g/mol. The van der Waals surface area contributed by atoms with E-state index in [9.17, 15) is 23.2 Å². The van der Waals surface area contributed by atoms with Gasteiger partial charge in [0.2, 0.25) is 5.91 Å². The summed E-state index contributed by atoms with van der Waals surface area (Å²) in [6.45, 7) is 2.70. The Morgan fingerprint density at radius 2 is 2.03 bits per heavy atom. The quantitative estimate of drug-likeness (QED) is 0.653. The van der Waals surface area contributed by atoms with Crippen molar-refractivity contribution in [3.63, 3.8) is 0 Å². The van der Waals surface area contributed by atoms with Gasteiger partial charge in [-0.3, -0.25) is 19.1 Å². The molecule has 0 spiro atoms. The van der Waals surface area contributed by atoms with Gasteiger partial charge in [-0.2, -0.15) is 10.4 Å². The zero-order valence-electron chi connectivity index (χ0n) is 18.2. The lowest BCUT2D eigenvalue weighted by molar-refractivity contribution is -0.131. The number of carbonyl (C=O) groups excluding carboxylic acids is 3. The van der Waals surface area contributed by atoms with E-state index in [0.717, 1.165) is 10.5 Å². The van der Waals surface area contributed by atoms with Gasteiger partial charge in [0.1, 0.15) is 6.04 Å². The molecule has 0 aliphatic carbocycles. The monoisotopic (exact) mass is 458 g/mol. The molecule has 1 atom stereocenters. The fourth-order valence-electron chi connectivity index (χ4n) is 3.46. The summed E-state index contributed by atoms with van der Waals surface area (Å²) in [6, 6.07) is 7.49. The topological polar surface area (TPSA) is 120 Å². The fraction of sp³-hybridized carbons (Fsp3) is 0.409. The van der Waals surface area contributed by atoms with Gasteiger partial charge in [0.25, 0.3) is 17.7 Å². The van der Waals surface area contributed by atoms with Crippen molar-refractivity contribution in [3.05, 3.63) is 53.3 Å². The summed E-state index contributed by atoms with van der Waals surface area (Å²) in [5, 5.41) is 18.3. The minimum atomic E-state index is -3.12. The van der Waals surface area contributed by atoms with Gasteiger partial charge in [-0.05, 0) is 31.5 Å². The Bertz CT molecular complexity index is 1090. The maximum atomic E-state index is 13.5. The van der Waals surface area contributed by atoms with Gasteiger partial charge in [0.05, 0.1) is 37.5 Å². The highest BCUT2D eigenvalue weighted by Gasteiger charge is 2.47. The third-order valence-electron chi connectivity index (χ3n) is 4.99. The molecule has 1 aromatic carbocycles. The molecule has 0 bridgehead atoms. The zero-order valence-corrected chi connectivity index (χ0v) is 18.2. The van der Waals surface area contributed by atoms with Crippen LogP contribution in [0.3, 0.4) is 0 Å². The van der Waals surface area contributed by atoms with Crippen LogP contribution in [0, 0.1) is 11.3 Å². The van der Waals surface area contributed by atoms with Crippen LogP contribution >= 0.6 is 0 Å². The summed E-state index contributed by atoms with van der Waals surface area (Å²) in [6.07, 6.45) is 2.08. The van der Waals surface area contributed by atoms with Crippen molar-refractivity contribution in [2.45, 2.75) is 44.8 Å². The van der Waals surface area contributed by atoms with E-state index in [-0.39, 0.29) is 17.5 Å². The number of rotatable bonds is 7. The Morgan fingerprint density at radius 3 is 2.73 bits per heavy atom. The Hall–Kier alpha value is -3.81. The van der Waals surface area contributed by atoms with Crippen LogP contribution in [0.25, 0.3) is 0 Å². The molecule has 1 aromatic heterocycles. The first-order chi connectivity index (χ1) is 15.6. The molecule has 0 unspecified atom stereocenters. The molecule has 174 valence electrons. The third kappa shape index (κ3) is 6.12. The standard InChI is InChI=1S/C22H24F2N6O3/c1-14(2)28-21(33)16-5-3-4-15(6-16)11-29-12-17(9-27-29)20(32)26-10-19(31)30-13-22(23,24)7-18(30)8-25/h3-6,9,12,14,18H,7,10-11,13H2,1-2H3,(H,26,32)(H,28,33)/t18-/m0/s1. The van der Waals surface area contributed by atoms with Crippen LogP contribution in [0.2, 0.25) is 0 Å². The molecule has 3 rings (SSSR count). The van der Waals surface area contributed by atoms with Gasteiger partial charge >= 0.3 is 0 Å². The van der Waals surface area contributed by atoms with Gasteiger partial charge < -0.3 is 15.5 Å². The molecule has 0 radical (unpaired) electrons. The average Bonchev–Trinajstić information content (AvgIpc) is 3.35. The molecule has 1 aliphatic heterocycles. The van der Waals surface area contributed by atoms with Crippen LogP contribution < -0.4 is 10.6 Å². The highest BCUT2D eigenvalue weighted by Crippen LogP contribution is 2.31. The van der Waals surface area contributed by atoms with Crippen molar-refractivity contribution in [1.29, 1.82) is 5.26 Å². The largest absolute Gasteiger partial charge is 0.350 e. The second-order valence-electron chi connectivity index (χ2n) is 8.16. The van der Waals surface area contributed by atoms with Crippen LogP contribution in [-0.4, -0.2) is 63.5 Å². The fourth-order valence-corrected chi connectivity index (χ4v) is 3.46. The van der Waals surface area contributed by atoms with E-state index in [0.29, 0.717) is 12.1 Å². The Kier molecular flexibility index (Phi) is 7.06. The first-order valence-corrected chi connectivity index (χ1v) is 10.4. The van der Waals surface area contributed by atoms with Crippen LogP contribution in [0.15, 0.2) is 36.7 Å². The number of likely N-dealkylation sites (tertiary alicyclic amines) is 1. The van der Waals surface area contributed by atoms with E-state index in [2.05, 4.69) is 15.7 Å². The van der Waals surface area contributed by atoms with Crippen molar-refractivity contribution >= 4 is 17.7 Å². The normalized spacial score (nSPS) is 17.0. The van der Waals surface area contributed by atoms with Gasteiger partial charge in [-0.25, -0.2) is 8.78 Å². The van der Waals surface area contributed by atoms with E-state index in [1.807, 2.05) is 19.9 Å². The second kappa shape index (κ2) is 9.77. The SMILES string of the molecule is CC(C)NC(=O)c1cccc(Cn2cc(C(=O)NCC(=O)N3CC(F)(F)C[C@H]3C#N)cn2)c1. The first kappa shape index (κ1) is 23.8. The predicted molar refractivity (Wildman–Crippen MR) is 113 cm³/mol. The summed E-state index contributed by atoms with van der Waals surface area (Å²) < 4.78 is 28.5. The second-order valence-corrected chi connectivity index (χ2v) is 8.16. The Labute approximate surface area is 189 Å². The molecule has 1 fully saturated rings. The molecular weight excluding hydrogens is 434 g/mol. The molecule has 1 aliphatic rings. The molecular formula is C22H24F2N6O3. The van der Waals surface area contributed by atoms with Crippen molar-refractivity contribution in [2.75, 3.05) is 13.1 Å². The molecule has 11 heteroatoms. The molecule has 2 aromatic rings. The summed E-state index contributed by atoms with van der Waals surface area (Å²) >= 11 is 0.